The molecule has 3 amide bonds. The maximum absolute atomic E-state index is 14.2. The fraction of sp³-hybridized carbons (Fsp3) is 0.652. The molecule has 1 aromatic rings. The highest BCUT2D eigenvalue weighted by Crippen LogP contribution is 2.68. The summed E-state index contributed by atoms with van der Waals surface area (Å²) in [4.78, 5) is 28.0. The van der Waals surface area contributed by atoms with E-state index in [4.69, 9.17) is 22.8 Å². The summed E-state index contributed by atoms with van der Waals surface area (Å²) in [7, 11) is -8.56. The number of hydrogen-bond acceptors (Lipinski definition) is 9. The van der Waals surface area contributed by atoms with Gasteiger partial charge in [0, 0.05) is 0 Å². The molecule has 1 fully saturated rings. The molecule has 1 heterocycles. The first-order valence-electron chi connectivity index (χ1n) is 12.0. The van der Waals surface area contributed by atoms with Crippen LogP contribution in [0.1, 0.15) is 65.6 Å². The standard InChI is InChI=1S/C23H38N2O9P2/c1-9-30-35(28,31-10-2)20-19(18-15-13-17(5)14-16-18)25(36(29,32-11-3)33-12-4)21(26)24(20)22(27)34-23(6,7)8/h13-16,19-20H,9-12H2,1-8H3/t19-,20+/m1/s1. The molecule has 1 aromatic carbocycles. The Labute approximate surface area is 213 Å². The molecule has 11 nitrogen and oxygen atoms in total. The van der Waals surface area contributed by atoms with Crippen molar-refractivity contribution in [1.82, 2.24) is 9.57 Å². The van der Waals surface area contributed by atoms with Gasteiger partial charge in [-0.2, -0.15) is 0 Å². The zero-order valence-corrected chi connectivity index (χ0v) is 24.0. The second-order valence-corrected chi connectivity index (χ2v) is 12.9. The van der Waals surface area contributed by atoms with Crippen LogP contribution in [0, 0.1) is 6.92 Å². The van der Waals surface area contributed by atoms with E-state index in [1.807, 2.05) is 6.92 Å². The number of aryl methyl sites for hydroxylation is 1. The van der Waals surface area contributed by atoms with Gasteiger partial charge in [0.15, 0.2) is 5.78 Å². The van der Waals surface area contributed by atoms with E-state index in [1.54, 1.807) is 72.7 Å². The highest BCUT2D eigenvalue weighted by molar-refractivity contribution is 7.55. The van der Waals surface area contributed by atoms with Crippen molar-refractivity contribution in [3.63, 3.8) is 0 Å². The molecule has 0 saturated carbocycles. The van der Waals surface area contributed by atoms with Crippen molar-refractivity contribution >= 4 is 27.5 Å². The van der Waals surface area contributed by atoms with E-state index < -0.39 is 44.9 Å². The van der Waals surface area contributed by atoms with Crippen LogP contribution in [0.5, 0.6) is 0 Å². The van der Waals surface area contributed by atoms with Gasteiger partial charge in [0.25, 0.3) is 0 Å². The van der Waals surface area contributed by atoms with E-state index in [2.05, 4.69) is 0 Å². The van der Waals surface area contributed by atoms with Gasteiger partial charge in [0.1, 0.15) is 11.6 Å². The molecule has 36 heavy (non-hydrogen) atoms. The first-order chi connectivity index (χ1) is 16.8. The molecule has 204 valence electrons. The highest BCUT2D eigenvalue weighted by atomic mass is 31.2. The number of carbonyl (C=O) groups excluding carboxylic acids is 2. The van der Waals surface area contributed by atoms with E-state index in [-0.39, 0.29) is 26.4 Å². The molecule has 0 radical (unpaired) electrons. The molecule has 0 N–H and O–H groups in total. The minimum atomic E-state index is -4.33. The quantitative estimate of drug-likeness (QED) is 0.286. The normalized spacial score (nSPS) is 19.2. The molecule has 0 aromatic heterocycles. The smallest absolute Gasteiger partial charge is 0.439 e. The third-order valence-corrected chi connectivity index (χ3v) is 9.53. The Kier molecular flexibility index (Phi) is 10.3. The second kappa shape index (κ2) is 12.2. The summed E-state index contributed by atoms with van der Waals surface area (Å²) in [6.07, 6.45) is -1.09. The van der Waals surface area contributed by atoms with Crippen LogP contribution >= 0.6 is 15.3 Å². The number of rotatable bonds is 11. The minimum Gasteiger partial charge on any atom is -0.443 e. The van der Waals surface area contributed by atoms with Crippen molar-refractivity contribution < 1.29 is 41.6 Å². The molecule has 2 atom stereocenters. The fourth-order valence-electron chi connectivity index (χ4n) is 3.79. The molecule has 1 aliphatic heterocycles. The zero-order chi connectivity index (χ0) is 27.3. The van der Waals surface area contributed by atoms with Crippen LogP contribution in [-0.4, -0.2) is 59.5 Å². The molecule has 0 aliphatic carbocycles. The van der Waals surface area contributed by atoms with Gasteiger partial charge < -0.3 is 13.8 Å². The van der Waals surface area contributed by atoms with Crippen molar-refractivity contribution in [1.29, 1.82) is 0 Å². The van der Waals surface area contributed by atoms with Crippen molar-refractivity contribution in [3.05, 3.63) is 35.4 Å². The predicted octanol–water partition coefficient (Wildman–Crippen LogP) is 6.48. The van der Waals surface area contributed by atoms with Gasteiger partial charge in [-0.25, -0.2) is 23.7 Å². The zero-order valence-electron chi connectivity index (χ0n) is 22.3. The third kappa shape index (κ3) is 6.57. The average Bonchev–Trinajstić information content (AvgIpc) is 3.08. The number of amides is 3. The third-order valence-electron chi connectivity index (χ3n) is 5.01. The van der Waals surface area contributed by atoms with Crippen LogP contribution in [-0.2, 0) is 32.0 Å². The number of benzene rings is 1. The van der Waals surface area contributed by atoms with Crippen LogP contribution in [0.4, 0.5) is 9.59 Å². The maximum Gasteiger partial charge on any atom is 0.439 e. The summed E-state index contributed by atoms with van der Waals surface area (Å²) in [5.74, 6) is -1.53. The highest BCUT2D eigenvalue weighted by Gasteiger charge is 2.64. The largest absolute Gasteiger partial charge is 0.443 e. The molecule has 1 aliphatic rings. The van der Waals surface area contributed by atoms with Gasteiger partial charge in [-0.3, -0.25) is 13.6 Å². The first-order valence-corrected chi connectivity index (χ1v) is 15.1. The van der Waals surface area contributed by atoms with Crippen molar-refractivity contribution in [2.45, 2.75) is 72.8 Å². The van der Waals surface area contributed by atoms with Crippen molar-refractivity contribution in [3.8, 4) is 0 Å². The Hall–Kier alpha value is -1.74. The SMILES string of the molecule is CCOP(=O)(OCC)[C@H]1[C@@H](c2ccc(C)cc2)N(P(=O)(OCC)OCC)C(=O)N1C(=O)OC(C)(C)C. The fourth-order valence-corrected chi connectivity index (χ4v) is 7.97. The van der Waals surface area contributed by atoms with Gasteiger partial charge in [-0.05, 0) is 61.0 Å². The van der Waals surface area contributed by atoms with Crippen LogP contribution < -0.4 is 0 Å². The monoisotopic (exact) mass is 548 g/mol. The van der Waals surface area contributed by atoms with Crippen molar-refractivity contribution in [2.75, 3.05) is 26.4 Å². The first kappa shape index (κ1) is 30.5. The molecule has 0 bridgehead atoms. The Bertz CT molecular complexity index is 990. The Morgan fingerprint density at radius 2 is 1.36 bits per heavy atom. The topological polar surface area (TPSA) is 121 Å². The lowest BCUT2D eigenvalue weighted by molar-refractivity contribution is 0.0305. The second-order valence-electron chi connectivity index (χ2n) is 8.93. The summed E-state index contributed by atoms with van der Waals surface area (Å²) >= 11 is 0. The Morgan fingerprint density at radius 1 is 0.889 bits per heavy atom. The lowest BCUT2D eigenvalue weighted by atomic mass is 10.1. The van der Waals surface area contributed by atoms with Crippen LogP contribution in [0.15, 0.2) is 24.3 Å². The molecule has 2 rings (SSSR count). The number of carbonyl (C=O) groups is 2. The number of urea groups is 1. The van der Waals surface area contributed by atoms with Crippen molar-refractivity contribution in [2.24, 2.45) is 0 Å². The van der Waals surface area contributed by atoms with Gasteiger partial charge in [0.2, 0.25) is 0 Å². The number of hydrogen-bond donors (Lipinski definition) is 0. The summed E-state index contributed by atoms with van der Waals surface area (Å²) < 4.78 is 56.8. The van der Waals surface area contributed by atoms with Crippen LogP contribution in [0.25, 0.3) is 0 Å². The maximum atomic E-state index is 14.2. The minimum absolute atomic E-state index is 0.0284. The van der Waals surface area contributed by atoms with Crippen LogP contribution in [0.2, 0.25) is 0 Å². The lowest BCUT2D eigenvalue weighted by Crippen LogP contribution is -2.43. The van der Waals surface area contributed by atoms with Gasteiger partial charge >= 0.3 is 27.5 Å². The van der Waals surface area contributed by atoms with Gasteiger partial charge in [-0.1, -0.05) is 29.8 Å². The van der Waals surface area contributed by atoms with E-state index >= 15 is 0 Å². The Balaban J connectivity index is 2.89. The van der Waals surface area contributed by atoms with E-state index in [0.717, 1.165) is 10.2 Å². The van der Waals surface area contributed by atoms with Gasteiger partial charge in [-0.15, -0.1) is 0 Å². The van der Waals surface area contributed by atoms with E-state index in [1.165, 1.54) is 0 Å². The summed E-state index contributed by atoms with van der Waals surface area (Å²) in [5, 5.41) is 0. The number of ether oxygens (including phenoxy) is 1. The molecule has 1 saturated heterocycles. The molecule has 0 unspecified atom stereocenters. The number of nitrogens with zero attached hydrogens (tertiary/aromatic N) is 2. The molecular weight excluding hydrogens is 510 g/mol. The summed E-state index contributed by atoms with van der Waals surface area (Å²) in [6.45, 7) is 13.0. The molecule has 13 heteroatoms. The van der Waals surface area contributed by atoms with Crippen LogP contribution in [0.3, 0.4) is 0 Å². The Morgan fingerprint density at radius 3 is 1.78 bits per heavy atom. The lowest BCUT2D eigenvalue weighted by Gasteiger charge is -2.34. The molecular formula is C23H38N2O9P2. The average molecular weight is 549 g/mol. The van der Waals surface area contributed by atoms with E-state index in [0.29, 0.717) is 10.5 Å². The van der Waals surface area contributed by atoms with Gasteiger partial charge in [0.05, 0.1) is 26.4 Å². The predicted molar refractivity (Wildman–Crippen MR) is 135 cm³/mol. The summed E-state index contributed by atoms with van der Waals surface area (Å²) in [6, 6.07) is 4.64. The number of imide groups is 1. The van der Waals surface area contributed by atoms with E-state index in [9.17, 15) is 18.7 Å². The molecule has 0 spiro atoms. The summed E-state index contributed by atoms with van der Waals surface area (Å²) in [5.41, 5.74) is 0.370.